The molecule has 0 fully saturated rings. The summed E-state index contributed by atoms with van der Waals surface area (Å²) in [5.74, 6) is 0. The van der Waals surface area contributed by atoms with E-state index >= 15 is 0 Å². The van der Waals surface area contributed by atoms with Crippen LogP contribution in [0.25, 0.3) is 0 Å². The van der Waals surface area contributed by atoms with Crippen molar-refractivity contribution in [3.05, 3.63) is 34.9 Å². The first-order valence-electron chi connectivity index (χ1n) is 5.61. The highest BCUT2D eigenvalue weighted by Crippen LogP contribution is 2.26. The first-order chi connectivity index (χ1) is 6.81. The molecule has 0 saturated heterocycles. The van der Waals surface area contributed by atoms with Gasteiger partial charge in [-0.15, -0.1) is 0 Å². The van der Waals surface area contributed by atoms with Gasteiger partial charge in [-0.1, -0.05) is 31.5 Å². The summed E-state index contributed by atoms with van der Waals surface area (Å²) in [5.41, 5.74) is 4.04. The van der Waals surface area contributed by atoms with Crippen LogP contribution in [0, 0.1) is 0 Å². The summed E-state index contributed by atoms with van der Waals surface area (Å²) in [6.07, 6.45) is 5.35. The number of aliphatic hydroxyl groups is 1. The molecule has 0 radical (unpaired) electrons. The van der Waals surface area contributed by atoms with E-state index in [2.05, 4.69) is 25.1 Å². The summed E-state index contributed by atoms with van der Waals surface area (Å²) in [5, 5.41) is 9.85. The van der Waals surface area contributed by atoms with Gasteiger partial charge in [0.05, 0.1) is 6.10 Å². The summed E-state index contributed by atoms with van der Waals surface area (Å²) in [4.78, 5) is 0. The monoisotopic (exact) mass is 190 g/mol. The first kappa shape index (κ1) is 9.72. The van der Waals surface area contributed by atoms with Crippen LogP contribution in [0.5, 0.6) is 0 Å². The van der Waals surface area contributed by atoms with Gasteiger partial charge in [0.1, 0.15) is 0 Å². The van der Waals surface area contributed by atoms with Gasteiger partial charge in [-0.25, -0.2) is 0 Å². The van der Waals surface area contributed by atoms with Crippen molar-refractivity contribution in [3.8, 4) is 0 Å². The van der Waals surface area contributed by atoms with Gasteiger partial charge < -0.3 is 5.11 Å². The predicted octanol–water partition coefficient (Wildman–Crippen LogP) is 3.01. The molecule has 0 aromatic heterocycles. The molecule has 1 nitrogen and oxygen atoms in total. The Bertz CT molecular complexity index is 317. The molecule has 1 atom stereocenters. The Morgan fingerprint density at radius 2 is 2.07 bits per heavy atom. The van der Waals surface area contributed by atoms with Crippen LogP contribution in [0.15, 0.2) is 18.2 Å². The van der Waals surface area contributed by atoms with E-state index in [1.165, 1.54) is 30.4 Å². The van der Waals surface area contributed by atoms with Gasteiger partial charge in [0.15, 0.2) is 0 Å². The van der Waals surface area contributed by atoms with Crippen molar-refractivity contribution in [2.75, 3.05) is 0 Å². The molecule has 1 heteroatoms. The molecule has 1 unspecified atom stereocenters. The third-order valence-corrected chi connectivity index (χ3v) is 3.07. The fourth-order valence-electron chi connectivity index (χ4n) is 2.24. The van der Waals surface area contributed by atoms with Gasteiger partial charge in [-0.2, -0.15) is 0 Å². The van der Waals surface area contributed by atoms with E-state index in [0.717, 1.165) is 18.4 Å². The SMILES string of the molecule is CCCC(O)c1ccc2c(c1)CCC2. The van der Waals surface area contributed by atoms with Crippen LogP contribution in [-0.4, -0.2) is 5.11 Å². The lowest BCUT2D eigenvalue weighted by molar-refractivity contribution is 0.166. The standard InChI is InChI=1S/C13H18O/c1-2-4-13(14)12-8-7-10-5-3-6-11(10)9-12/h7-9,13-14H,2-6H2,1H3. The molecule has 76 valence electrons. The zero-order valence-corrected chi connectivity index (χ0v) is 8.79. The molecule has 2 rings (SSSR count). The molecule has 0 bridgehead atoms. The van der Waals surface area contributed by atoms with Crippen molar-refractivity contribution in [2.45, 2.75) is 45.1 Å². The average molecular weight is 190 g/mol. The highest BCUT2D eigenvalue weighted by Gasteiger charge is 2.13. The maximum atomic E-state index is 9.85. The largest absolute Gasteiger partial charge is 0.388 e. The minimum atomic E-state index is -0.258. The second kappa shape index (κ2) is 4.14. The fourth-order valence-corrected chi connectivity index (χ4v) is 2.24. The van der Waals surface area contributed by atoms with Gasteiger partial charge in [0.25, 0.3) is 0 Å². The Morgan fingerprint density at radius 3 is 2.86 bits per heavy atom. The quantitative estimate of drug-likeness (QED) is 0.776. The molecule has 0 saturated carbocycles. The zero-order chi connectivity index (χ0) is 9.97. The van der Waals surface area contributed by atoms with Crippen LogP contribution in [0.1, 0.15) is 49.0 Å². The van der Waals surface area contributed by atoms with E-state index in [-0.39, 0.29) is 6.10 Å². The maximum Gasteiger partial charge on any atom is 0.0790 e. The molecule has 1 aliphatic carbocycles. The number of fused-ring (bicyclic) bond motifs is 1. The highest BCUT2D eigenvalue weighted by atomic mass is 16.3. The number of aryl methyl sites for hydroxylation is 2. The Balaban J connectivity index is 2.19. The molecule has 0 spiro atoms. The summed E-state index contributed by atoms with van der Waals surface area (Å²) in [7, 11) is 0. The van der Waals surface area contributed by atoms with Crippen molar-refractivity contribution >= 4 is 0 Å². The van der Waals surface area contributed by atoms with Crippen molar-refractivity contribution in [1.82, 2.24) is 0 Å². The summed E-state index contributed by atoms with van der Waals surface area (Å²) < 4.78 is 0. The molecular weight excluding hydrogens is 172 g/mol. The third kappa shape index (κ3) is 1.83. The van der Waals surface area contributed by atoms with Crippen LogP contribution in [-0.2, 0) is 12.8 Å². The van der Waals surface area contributed by atoms with E-state index in [1.54, 1.807) is 0 Å². The van der Waals surface area contributed by atoms with Crippen molar-refractivity contribution in [1.29, 1.82) is 0 Å². The third-order valence-electron chi connectivity index (χ3n) is 3.07. The van der Waals surface area contributed by atoms with E-state index in [1.807, 2.05) is 0 Å². The second-order valence-electron chi connectivity index (χ2n) is 4.19. The number of hydrogen-bond donors (Lipinski definition) is 1. The molecule has 0 aliphatic heterocycles. The van der Waals surface area contributed by atoms with Gasteiger partial charge >= 0.3 is 0 Å². The first-order valence-corrected chi connectivity index (χ1v) is 5.61. The van der Waals surface area contributed by atoms with Crippen molar-refractivity contribution in [2.24, 2.45) is 0 Å². The van der Waals surface area contributed by atoms with Gasteiger partial charge in [0, 0.05) is 0 Å². The van der Waals surface area contributed by atoms with Crippen molar-refractivity contribution < 1.29 is 5.11 Å². The predicted molar refractivity (Wildman–Crippen MR) is 58.3 cm³/mol. The van der Waals surface area contributed by atoms with Crippen LogP contribution in [0.4, 0.5) is 0 Å². The fraction of sp³-hybridized carbons (Fsp3) is 0.538. The zero-order valence-electron chi connectivity index (χ0n) is 8.79. The second-order valence-corrected chi connectivity index (χ2v) is 4.19. The van der Waals surface area contributed by atoms with Crippen molar-refractivity contribution in [3.63, 3.8) is 0 Å². The van der Waals surface area contributed by atoms with Crippen LogP contribution < -0.4 is 0 Å². The molecular formula is C13H18O. The summed E-state index contributed by atoms with van der Waals surface area (Å²) in [6, 6.07) is 6.48. The van der Waals surface area contributed by atoms with E-state index in [9.17, 15) is 5.11 Å². The number of rotatable bonds is 3. The minimum Gasteiger partial charge on any atom is -0.388 e. The lowest BCUT2D eigenvalue weighted by Crippen LogP contribution is -1.97. The summed E-state index contributed by atoms with van der Waals surface area (Å²) >= 11 is 0. The van der Waals surface area contributed by atoms with Gasteiger partial charge in [-0.05, 0) is 42.4 Å². The Labute approximate surface area is 85.8 Å². The normalized spacial score (nSPS) is 16.7. The Hall–Kier alpha value is -0.820. The molecule has 0 heterocycles. The summed E-state index contributed by atoms with van der Waals surface area (Å²) in [6.45, 7) is 2.11. The molecule has 0 amide bonds. The van der Waals surface area contributed by atoms with Crippen LogP contribution >= 0.6 is 0 Å². The number of hydrogen-bond acceptors (Lipinski definition) is 1. The highest BCUT2D eigenvalue weighted by molar-refractivity contribution is 5.36. The van der Waals surface area contributed by atoms with E-state index in [4.69, 9.17) is 0 Å². The lowest BCUT2D eigenvalue weighted by Gasteiger charge is -2.11. The molecule has 1 N–H and O–H groups in total. The number of benzene rings is 1. The molecule has 1 aromatic rings. The number of aliphatic hydroxyl groups excluding tert-OH is 1. The molecule has 1 aromatic carbocycles. The van der Waals surface area contributed by atoms with Crippen LogP contribution in [0.3, 0.4) is 0 Å². The maximum absolute atomic E-state index is 9.85. The Morgan fingerprint density at radius 1 is 1.29 bits per heavy atom. The van der Waals surface area contributed by atoms with E-state index in [0.29, 0.717) is 0 Å². The smallest absolute Gasteiger partial charge is 0.0790 e. The lowest BCUT2D eigenvalue weighted by atomic mass is 10.0. The molecule has 14 heavy (non-hydrogen) atoms. The average Bonchev–Trinajstić information content (AvgIpc) is 2.64. The Kier molecular flexibility index (Phi) is 2.87. The topological polar surface area (TPSA) is 20.2 Å². The van der Waals surface area contributed by atoms with E-state index < -0.39 is 0 Å². The van der Waals surface area contributed by atoms with Crippen LogP contribution in [0.2, 0.25) is 0 Å². The molecule has 1 aliphatic rings. The van der Waals surface area contributed by atoms with Gasteiger partial charge in [0.2, 0.25) is 0 Å². The van der Waals surface area contributed by atoms with Gasteiger partial charge in [-0.3, -0.25) is 0 Å². The minimum absolute atomic E-state index is 0.258.